The van der Waals surface area contributed by atoms with Crippen LogP contribution in [0.3, 0.4) is 0 Å². The first kappa shape index (κ1) is 8.22. The van der Waals surface area contributed by atoms with Crippen molar-refractivity contribution in [3.05, 3.63) is 12.2 Å². The van der Waals surface area contributed by atoms with Gasteiger partial charge in [-0.3, -0.25) is 9.48 Å². The van der Waals surface area contributed by atoms with E-state index in [9.17, 15) is 4.79 Å². The summed E-state index contributed by atoms with van der Waals surface area (Å²) in [6, 6.07) is 0. The SMILES string of the molecule is CCn1ncnc1[C@@H]1C[C@H]1C(=O)O. The number of carboxylic acid groups (broad SMARTS) is 1. The minimum atomic E-state index is -0.726. The third kappa shape index (κ3) is 1.30. The van der Waals surface area contributed by atoms with Gasteiger partial charge in [-0.25, -0.2) is 4.98 Å². The van der Waals surface area contributed by atoms with E-state index in [4.69, 9.17) is 5.11 Å². The Balaban J connectivity index is 2.15. The number of carbonyl (C=O) groups is 1. The minimum Gasteiger partial charge on any atom is -0.481 e. The van der Waals surface area contributed by atoms with Crippen LogP contribution in [0.15, 0.2) is 6.33 Å². The Morgan fingerprint density at radius 2 is 2.62 bits per heavy atom. The Morgan fingerprint density at radius 3 is 3.15 bits per heavy atom. The molecule has 1 aromatic rings. The maximum Gasteiger partial charge on any atom is 0.307 e. The van der Waals surface area contributed by atoms with Gasteiger partial charge in [0.25, 0.3) is 0 Å². The maximum atomic E-state index is 10.6. The highest BCUT2D eigenvalue weighted by atomic mass is 16.4. The summed E-state index contributed by atoms with van der Waals surface area (Å²) in [6.45, 7) is 2.72. The number of hydrogen-bond donors (Lipinski definition) is 1. The average molecular weight is 181 g/mol. The van der Waals surface area contributed by atoms with Crippen LogP contribution in [0.2, 0.25) is 0 Å². The molecule has 1 aliphatic carbocycles. The molecule has 0 bridgehead atoms. The van der Waals surface area contributed by atoms with Gasteiger partial charge in [0.05, 0.1) is 5.92 Å². The van der Waals surface area contributed by atoms with Gasteiger partial charge in [-0.15, -0.1) is 0 Å². The highest BCUT2D eigenvalue weighted by Crippen LogP contribution is 2.46. The summed E-state index contributed by atoms with van der Waals surface area (Å²) in [5.41, 5.74) is 0. The van der Waals surface area contributed by atoms with E-state index in [2.05, 4.69) is 10.1 Å². The first-order valence-electron chi connectivity index (χ1n) is 4.34. The topological polar surface area (TPSA) is 68.0 Å². The molecule has 1 fully saturated rings. The second-order valence-electron chi connectivity index (χ2n) is 3.22. The molecule has 0 aromatic carbocycles. The fourth-order valence-electron chi connectivity index (χ4n) is 1.56. The van der Waals surface area contributed by atoms with Crippen molar-refractivity contribution in [2.75, 3.05) is 0 Å². The maximum absolute atomic E-state index is 10.6. The first-order chi connectivity index (χ1) is 6.24. The van der Waals surface area contributed by atoms with Crippen molar-refractivity contribution >= 4 is 5.97 Å². The number of hydrogen-bond acceptors (Lipinski definition) is 3. The summed E-state index contributed by atoms with van der Waals surface area (Å²) in [5, 5.41) is 12.7. The summed E-state index contributed by atoms with van der Waals surface area (Å²) < 4.78 is 1.76. The Kier molecular flexibility index (Phi) is 1.79. The Hall–Kier alpha value is -1.39. The van der Waals surface area contributed by atoms with Gasteiger partial charge >= 0.3 is 5.97 Å². The quantitative estimate of drug-likeness (QED) is 0.736. The smallest absolute Gasteiger partial charge is 0.307 e. The van der Waals surface area contributed by atoms with Crippen LogP contribution in [0, 0.1) is 5.92 Å². The molecule has 5 heteroatoms. The first-order valence-corrected chi connectivity index (χ1v) is 4.34. The van der Waals surface area contributed by atoms with Gasteiger partial charge in [0.15, 0.2) is 0 Å². The zero-order chi connectivity index (χ0) is 9.42. The van der Waals surface area contributed by atoms with Crippen molar-refractivity contribution in [2.24, 2.45) is 5.92 Å². The van der Waals surface area contributed by atoms with Crippen LogP contribution in [-0.2, 0) is 11.3 Å². The highest BCUT2D eigenvalue weighted by molar-refractivity contribution is 5.74. The van der Waals surface area contributed by atoms with Crippen molar-refractivity contribution in [3.8, 4) is 0 Å². The number of nitrogens with zero attached hydrogens (tertiary/aromatic N) is 3. The molecular formula is C8H11N3O2. The van der Waals surface area contributed by atoms with Gasteiger partial charge in [0.1, 0.15) is 12.2 Å². The van der Waals surface area contributed by atoms with Gasteiger partial charge in [-0.2, -0.15) is 5.10 Å². The number of rotatable bonds is 3. The third-order valence-electron chi connectivity index (χ3n) is 2.38. The molecule has 70 valence electrons. The van der Waals surface area contributed by atoms with Crippen molar-refractivity contribution in [1.82, 2.24) is 14.8 Å². The normalized spacial score (nSPS) is 25.9. The number of aryl methyl sites for hydroxylation is 1. The molecule has 1 aliphatic rings. The molecular weight excluding hydrogens is 170 g/mol. The number of aliphatic carboxylic acids is 1. The summed E-state index contributed by atoms with van der Waals surface area (Å²) in [7, 11) is 0. The molecule has 0 saturated heterocycles. The molecule has 0 radical (unpaired) electrons. The van der Waals surface area contributed by atoms with Crippen LogP contribution in [0.4, 0.5) is 0 Å². The molecule has 1 saturated carbocycles. The van der Waals surface area contributed by atoms with E-state index < -0.39 is 5.97 Å². The van der Waals surface area contributed by atoms with Crippen molar-refractivity contribution in [3.63, 3.8) is 0 Å². The average Bonchev–Trinajstić information content (AvgIpc) is 2.77. The minimum absolute atomic E-state index is 0.0833. The molecule has 0 aliphatic heterocycles. The van der Waals surface area contributed by atoms with E-state index in [-0.39, 0.29) is 11.8 Å². The van der Waals surface area contributed by atoms with Gasteiger partial charge in [0.2, 0.25) is 0 Å². The summed E-state index contributed by atoms with van der Waals surface area (Å²) in [4.78, 5) is 14.7. The largest absolute Gasteiger partial charge is 0.481 e. The van der Waals surface area contributed by atoms with Gasteiger partial charge < -0.3 is 5.11 Å². The molecule has 13 heavy (non-hydrogen) atoms. The van der Waals surface area contributed by atoms with E-state index >= 15 is 0 Å². The molecule has 1 heterocycles. The second kappa shape index (κ2) is 2.83. The van der Waals surface area contributed by atoms with Crippen LogP contribution < -0.4 is 0 Å². The molecule has 2 atom stereocenters. The molecule has 5 nitrogen and oxygen atoms in total. The Morgan fingerprint density at radius 1 is 1.85 bits per heavy atom. The van der Waals surface area contributed by atoms with E-state index in [1.165, 1.54) is 6.33 Å². The second-order valence-corrected chi connectivity index (χ2v) is 3.22. The van der Waals surface area contributed by atoms with Gasteiger partial charge in [-0.1, -0.05) is 0 Å². The van der Waals surface area contributed by atoms with Crippen LogP contribution in [-0.4, -0.2) is 25.8 Å². The molecule has 0 unspecified atom stereocenters. The van der Waals surface area contributed by atoms with Gasteiger partial charge in [-0.05, 0) is 13.3 Å². The van der Waals surface area contributed by atoms with E-state index in [0.29, 0.717) is 6.42 Å². The number of aromatic nitrogens is 3. The van der Waals surface area contributed by atoms with E-state index in [1.807, 2.05) is 6.92 Å². The molecule has 2 rings (SSSR count). The fourth-order valence-corrected chi connectivity index (χ4v) is 1.56. The lowest BCUT2D eigenvalue weighted by Crippen LogP contribution is -2.05. The third-order valence-corrected chi connectivity index (χ3v) is 2.38. The zero-order valence-electron chi connectivity index (χ0n) is 7.34. The fraction of sp³-hybridized carbons (Fsp3) is 0.625. The van der Waals surface area contributed by atoms with E-state index in [1.54, 1.807) is 4.68 Å². The predicted octanol–water partition coefficient (Wildman–Crippen LogP) is 0.486. The summed E-state index contributed by atoms with van der Waals surface area (Å²) >= 11 is 0. The predicted molar refractivity (Wildman–Crippen MR) is 44.2 cm³/mol. The van der Waals surface area contributed by atoms with Crippen LogP contribution in [0.5, 0.6) is 0 Å². The Bertz CT molecular complexity index is 334. The van der Waals surface area contributed by atoms with Crippen molar-refractivity contribution in [1.29, 1.82) is 0 Å². The lowest BCUT2D eigenvalue weighted by atomic mass is 10.3. The molecule has 1 aromatic heterocycles. The Labute approximate surface area is 75.4 Å². The van der Waals surface area contributed by atoms with Crippen LogP contribution in [0.25, 0.3) is 0 Å². The van der Waals surface area contributed by atoms with Crippen molar-refractivity contribution < 1.29 is 9.90 Å². The summed E-state index contributed by atoms with van der Waals surface area (Å²) in [6.07, 6.45) is 2.18. The molecule has 1 N–H and O–H groups in total. The highest BCUT2D eigenvalue weighted by Gasteiger charge is 2.46. The standard InChI is InChI=1S/C8H11N3O2/c1-2-11-7(9-4-10-11)5-3-6(5)8(12)13/h4-6H,2-3H2,1H3,(H,12,13)/t5-,6-/m1/s1. The lowest BCUT2D eigenvalue weighted by Gasteiger charge is -1.99. The molecule has 0 spiro atoms. The van der Waals surface area contributed by atoms with Gasteiger partial charge in [0, 0.05) is 12.5 Å². The van der Waals surface area contributed by atoms with Crippen molar-refractivity contribution in [2.45, 2.75) is 25.8 Å². The lowest BCUT2D eigenvalue weighted by molar-refractivity contribution is -0.138. The monoisotopic (exact) mass is 181 g/mol. The van der Waals surface area contributed by atoms with Crippen LogP contribution >= 0.6 is 0 Å². The zero-order valence-corrected chi connectivity index (χ0v) is 7.34. The van der Waals surface area contributed by atoms with Crippen LogP contribution in [0.1, 0.15) is 25.1 Å². The summed E-state index contributed by atoms with van der Waals surface area (Å²) in [5.74, 6) is -0.0694. The molecule has 0 amide bonds. The number of carboxylic acids is 1. The van der Waals surface area contributed by atoms with E-state index in [0.717, 1.165) is 12.4 Å².